The van der Waals surface area contributed by atoms with Gasteiger partial charge >= 0.3 is 0 Å². The largest absolute Gasteiger partial charge is 0.352 e. The Bertz CT molecular complexity index is 617. The third kappa shape index (κ3) is 3.48. The molecule has 0 saturated heterocycles. The Balaban J connectivity index is 1.94. The number of nitrogens with zero attached hydrogens (tertiary/aromatic N) is 2. The summed E-state index contributed by atoms with van der Waals surface area (Å²) in [6.07, 6.45) is 0.394. The highest BCUT2D eigenvalue weighted by molar-refractivity contribution is 9.10. The average molecular weight is 336 g/mol. The molecule has 106 valence electrons. The lowest BCUT2D eigenvalue weighted by Gasteiger charge is -2.06. The van der Waals surface area contributed by atoms with E-state index in [1.165, 1.54) is 0 Å². The van der Waals surface area contributed by atoms with Gasteiger partial charge in [0.25, 0.3) is 0 Å². The number of aryl methyl sites for hydroxylation is 2. The van der Waals surface area contributed by atoms with Crippen molar-refractivity contribution >= 4 is 21.8 Å². The quantitative estimate of drug-likeness (QED) is 0.933. The van der Waals surface area contributed by atoms with Gasteiger partial charge in [-0.2, -0.15) is 5.10 Å². The summed E-state index contributed by atoms with van der Waals surface area (Å²) in [7, 11) is 1.91. The number of rotatable bonds is 4. The van der Waals surface area contributed by atoms with E-state index in [9.17, 15) is 4.79 Å². The van der Waals surface area contributed by atoms with Crippen LogP contribution in [0.5, 0.6) is 0 Å². The fourth-order valence-corrected chi connectivity index (χ4v) is 2.37. The van der Waals surface area contributed by atoms with E-state index >= 15 is 0 Å². The molecule has 0 fully saturated rings. The molecule has 1 N–H and O–H groups in total. The monoisotopic (exact) mass is 335 g/mol. The van der Waals surface area contributed by atoms with E-state index in [-0.39, 0.29) is 5.91 Å². The number of aromatic nitrogens is 2. The third-order valence-corrected chi connectivity index (χ3v) is 3.93. The summed E-state index contributed by atoms with van der Waals surface area (Å²) in [5.41, 5.74) is 4.15. The summed E-state index contributed by atoms with van der Waals surface area (Å²) in [6, 6.07) is 7.78. The Morgan fingerprint density at radius 2 is 1.95 bits per heavy atom. The lowest BCUT2D eigenvalue weighted by atomic mass is 10.1. The number of carbonyl (C=O) groups excluding carboxylic acids is 1. The predicted molar refractivity (Wildman–Crippen MR) is 82.4 cm³/mol. The number of hydrogen-bond donors (Lipinski definition) is 1. The standard InChI is InChI=1S/C15H18BrN3O/c1-10-14(11(2)19(3)18-10)9-17-15(20)8-12-4-6-13(16)7-5-12/h4-7H,8-9H2,1-3H3,(H,17,20). The van der Waals surface area contributed by atoms with Crippen molar-refractivity contribution in [3.8, 4) is 0 Å². The molecule has 0 aliphatic carbocycles. The molecule has 0 aliphatic heterocycles. The van der Waals surface area contributed by atoms with Crippen molar-refractivity contribution in [1.29, 1.82) is 0 Å². The van der Waals surface area contributed by atoms with E-state index in [0.29, 0.717) is 13.0 Å². The highest BCUT2D eigenvalue weighted by atomic mass is 79.9. The maximum absolute atomic E-state index is 12.0. The van der Waals surface area contributed by atoms with Crippen LogP contribution in [0.3, 0.4) is 0 Å². The molecule has 0 saturated carbocycles. The van der Waals surface area contributed by atoms with Crippen LogP contribution in [-0.2, 0) is 24.8 Å². The molecule has 2 rings (SSSR count). The van der Waals surface area contributed by atoms with Crippen LogP contribution in [0.25, 0.3) is 0 Å². The first-order chi connectivity index (χ1) is 9.47. The normalized spacial score (nSPS) is 10.6. The fourth-order valence-electron chi connectivity index (χ4n) is 2.11. The Morgan fingerprint density at radius 3 is 2.50 bits per heavy atom. The molecule has 1 aromatic heterocycles. The first-order valence-electron chi connectivity index (χ1n) is 6.47. The second-order valence-electron chi connectivity index (χ2n) is 4.85. The molecule has 2 aromatic rings. The van der Waals surface area contributed by atoms with Crippen LogP contribution in [0.4, 0.5) is 0 Å². The van der Waals surface area contributed by atoms with Gasteiger partial charge in [-0.1, -0.05) is 28.1 Å². The molecular weight excluding hydrogens is 318 g/mol. The van der Waals surface area contributed by atoms with Gasteiger partial charge in [0, 0.05) is 29.3 Å². The van der Waals surface area contributed by atoms with Gasteiger partial charge in [0.15, 0.2) is 0 Å². The molecule has 4 nitrogen and oxygen atoms in total. The van der Waals surface area contributed by atoms with E-state index in [1.54, 1.807) is 0 Å². The van der Waals surface area contributed by atoms with E-state index in [2.05, 4.69) is 26.3 Å². The lowest BCUT2D eigenvalue weighted by molar-refractivity contribution is -0.120. The maximum atomic E-state index is 12.0. The van der Waals surface area contributed by atoms with Gasteiger partial charge in [-0.25, -0.2) is 0 Å². The van der Waals surface area contributed by atoms with Crippen molar-refractivity contribution in [2.24, 2.45) is 7.05 Å². The third-order valence-electron chi connectivity index (χ3n) is 3.40. The van der Waals surface area contributed by atoms with Crippen LogP contribution in [0.2, 0.25) is 0 Å². The topological polar surface area (TPSA) is 46.9 Å². The van der Waals surface area contributed by atoms with Crippen LogP contribution < -0.4 is 5.32 Å². The van der Waals surface area contributed by atoms with Gasteiger partial charge < -0.3 is 5.32 Å². The second-order valence-corrected chi connectivity index (χ2v) is 5.77. The van der Waals surface area contributed by atoms with Gasteiger partial charge in [0.1, 0.15) is 0 Å². The maximum Gasteiger partial charge on any atom is 0.224 e. The van der Waals surface area contributed by atoms with Crippen LogP contribution in [0.15, 0.2) is 28.7 Å². The summed E-state index contributed by atoms with van der Waals surface area (Å²) in [5.74, 6) is 0.0231. The minimum atomic E-state index is 0.0231. The van der Waals surface area contributed by atoms with E-state index in [0.717, 1.165) is 27.0 Å². The summed E-state index contributed by atoms with van der Waals surface area (Å²) in [6.45, 7) is 4.50. The van der Waals surface area contributed by atoms with Gasteiger partial charge in [-0.15, -0.1) is 0 Å². The second kappa shape index (κ2) is 6.22. The molecule has 1 amide bonds. The van der Waals surface area contributed by atoms with Crippen molar-refractivity contribution in [2.75, 3.05) is 0 Å². The van der Waals surface area contributed by atoms with Gasteiger partial charge in [-0.3, -0.25) is 9.48 Å². The summed E-state index contributed by atoms with van der Waals surface area (Å²) in [4.78, 5) is 12.0. The van der Waals surface area contributed by atoms with Gasteiger partial charge in [-0.05, 0) is 31.5 Å². The minimum Gasteiger partial charge on any atom is -0.352 e. The first kappa shape index (κ1) is 14.8. The molecule has 5 heteroatoms. The first-order valence-corrected chi connectivity index (χ1v) is 7.27. The summed E-state index contributed by atoms with van der Waals surface area (Å²) < 4.78 is 2.86. The summed E-state index contributed by atoms with van der Waals surface area (Å²) in [5, 5.41) is 7.30. The molecule has 0 radical (unpaired) electrons. The highest BCUT2D eigenvalue weighted by Gasteiger charge is 2.10. The number of amides is 1. The fraction of sp³-hybridized carbons (Fsp3) is 0.333. The van der Waals surface area contributed by atoms with Crippen molar-refractivity contribution in [3.63, 3.8) is 0 Å². The zero-order chi connectivity index (χ0) is 14.7. The predicted octanol–water partition coefficient (Wildman–Crippen LogP) is 2.66. The van der Waals surface area contributed by atoms with Crippen LogP contribution >= 0.6 is 15.9 Å². The molecule has 1 aromatic carbocycles. The molecule has 0 spiro atoms. The van der Waals surface area contributed by atoms with E-state index < -0.39 is 0 Å². The van der Waals surface area contributed by atoms with Crippen molar-refractivity contribution in [2.45, 2.75) is 26.8 Å². The van der Waals surface area contributed by atoms with Crippen LogP contribution in [-0.4, -0.2) is 15.7 Å². The molecule has 1 heterocycles. The lowest BCUT2D eigenvalue weighted by Crippen LogP contribution is -2.25. The SMILES string of the molecule is Cc1nn(C)c(C)c1CNC(=O)Cc1ccc(Br)cc1. The molecule has 20 heavy (non-hydrogen) atoms. The Kier molecular flexibility index (Phi) is 4.60. The van der Waals surface area contributed by atoms with Crippen LogP contribution in [0, 0.1) is 13.8 Å². The van der Waals surface area contributed by atoms with Crippen molar-refractivity contribution in [3.05, 3.63) is 51.3 Å². The number of hydrogen-bond acceptors (Lipinski definition) is 2. The average Bonchev–Trinajstić information content (AvgIpc) is 2.64. The smallest absolute Gasteiger partial charge is 0.224 e. The van der Waals surface area contributed by atoms with Gasteiger partial charge in [0.05, 0.1) is 12.1 Å². The van der Waals surface area contributed by atoms with Crippen LogP contribution in [0.1, 0.15) is 22.5 Å². The summed E-state index contributed by atoms with van der Waals surface area (Å²) >= 11 is 3.38. The Hall–Kier alpha value is -1.62. The Morgan fingerprint density at radius 1 is 1.30 bits per heavy atom. The molecule has 0 bridgehead atoms. The van der Waals surface area contributed by atoms with E-state index in [1.807, 2.05) is 49.8 Å². The zero-order valence-corrected chi connectivity index (χ0v) is 13.5. The number of carbonyl (C=O) groups is 1. The molecular formula is C15H18BrN3O. The molecule has 0 atom stereocenters. The van der Waals surface area contributed by atoms with E-state index in [4.69, 9.17) is 0 Å². The number of nitrogens with one attached hydrogen (secondary N) is 1. The number of benzene rings is 1. The van der Waals surface area contributed by atoms with Crippen molar-refractivity contribution in [1.82, 2.24) is 15.1 Å². The Labute approximate surface area is 127 Å². The molecule has 0 unspecified atom stereocenters. The minimum absolute atomic E-state index is 0.0231. The highest BCUT2D eigenvalue weighted by Crippen LogP contribution is 2.12. The molecule has 0 aliphatic rings. The van der Waals surface area contributed by atoms with Crippen molar-refractivity contribution < 1.29 is 4.79 Å². The number of halogens is 1. The zero-order valence-electron chi connectivity index (χ0n) is 11.9. The van der Waals surface area contributed by atoms with Gasteiger partial charge in [0.2, 0.25) is 5.91 Å².